The van der Waals surface area contributed by atoms with Gasteiger partial charge in [0.25, 0.3) is 5.91 Å². The molecule has 0 bridgehead atoms. The molecule has 0 saturated carbocycles. The van der Waals surface area contributed by atoms with Crippen LogP contribution in [0.3, 0.4) is 0 Å². The van der Waals surface area contributed by atoms with Crippen molar-refractivity contribution >= 4 is 58.1 Å². The third-order valence-corrected chi connectivity index (χ3v) is 4.12. The van der Waals surface area contributed by atoms with Crippen molar-refractivity contribution in [3.05, 3.63) is 45.2 Å². The predicted octanol–water partition coefficient (Wildman–Crippen LogP) is 3.43. The predicted molar refractivity (Wildman–Crippen MR) is 95.6 cm³/mol. The van der Waals surface area contributed by atoms with Gasteiger partial charge in [0.2, 0.25) is 0 Å². The summed E-state index contributed by atoms with van der Waals surface area (Å²) in [6.45, 7) is -0.574. The Kier molecular flexibility index (Phi) is 6.30. The van der Waals surface area contributed by atoms with Crippen molar-refractivity contribution < 1.29 is 19.1 Å². The van der Waals surface area contributed by atoms with Gasteiger partial charge in [-0.1, -0.05) is 46.9 Å². The third-order valence-electron chi connectivity index (χ3n) is 2.98. The Labute approximate surface area is 158 Å². The second-order valence-electron chi connectivity index (χ2n) is 4.62. The maximum Gasteiger partial charge on any atom is 0.359 e. The summed E-state index contributed by atoms with van der Waals surface area (Å²) >= 11 is 17.4. The van der Waals surface area contributed by atoms with Crippen LogP contribution in [-0.2, 0) is 9.53 Å². The number of nitrogen functional groups attached to an aromatic ring is 1. The number of carbonyl (C=O) groups excluding carboxylic acids is 2. The van der Waals surface area contributed by atoms with E-state index in [2.05, 4.69) is 10.3 Å². The largest absolute Gasteiger partial charge is 0.495 e. The number of methoxy groups -OCH3 is 1. The summed E-state index contributed by atoms with van der Waals surface area (Å²) in [5, 5.41) is 2.07. The molecule has 7 nitrogen and oxygen atoms in total. The molecular formula is C15H12Cl3N3O4. The molecule has 132 valence electrons. The first kappa shape index (κ1) is 19.1. The van der Waals surface area contributed by atoms with Crippen LogP contribution in [0.4, 0.5) is 11.4 Å². The summed E-state index contributed by atoms with van der Waals surface area (Å²) in [5.74, 6) is -1.09. The van der Waals surface area contributed by atoms with E-state index < -0.39 is 18.5 Å². The molecule has 10 heteroatoms. The minimum absolute atomic E-state index is 0.0721. The fourth-order valence-corrected chi connectivity index (χ4v) is 2.39. The SMILES string of the molecule is COc1ccccc1NC(=O)COC(=O)c1nc(Cl)c(Cl)c(N)c1Cl. The number of nitrogens with one attached hydrogen (secondary N) is 1. The van der Waals surface area contributed by atoms with Crippen molar-refractivity contribution in [1.82, 2.24) is 4.98 Å². The minimum Gasteiger partial charge on any atom is -0.495 e. The molecule has 1 aromatic carbocycles. The number of amides is 1. The number of carbonyl (C=O) groups is 2. The third kappa shape index (κ3) is 4.45. The smallest absolute Gasteiger partial charge is 0.359 e. The average molecular weight is 405 g/mol. The summed E-state index contributed by atoms with van der Waals surface area (Å²) in [6.07, 6.45) is 0. The van der Waals surface area contributed by atoms with Gasteiger partial charge in [-0.2, -0.15) is 0 Å². The summed E-state index contributed by atoms with van der Waals surface area (Å²) in [4.78, 5) is 27.7. The Morgan fingerprint density at radius 1 is 1.20 bits per heavy atom. The van der Waals surface area contributed by atoms with Gasteiger partial charge in [-0.3, -0.25) is 4.79 Å². The first-order chi connectivity index (χ1) is 11.8. The zero-order valence-electron chi connectivity index (χ0n) is 12.8. The molecule has 1 aromatic heterocycles. The highest BCUT2D eigenvalue weighted by Gasteiger charge is 2.21. The number of benzene rings is 1. The van der Waals surface area contributed by atoms with Crippen LogP contribution in [0.5, 0.6) is 5.75 Å². The summed E-state index contributed by atoms with van der Waals surface area (Å²) in [5.41, 5.74) is 5.62. The molecule has 0 aliphatic carbocycles. The van der Waals surface area contributed by atoms with E-state index in [0.717, 1.165) is 0 Å². The van der Waals surface area contributed by atoms with Crippen molar-refractivity contribution in [1.29, 1.82) is 0 Å². The van der Waals surface area contributed by atoms with E-state index in [1.807, 2.05) is 0 Å². The number of anilines is 2. The minimum atomic E-state index is -0.967. The lowest BCUT2D eigenvalue weighted by atomic mass is 10.3. The monoisotopic (exact) mass is 403 g/mol. The second kappa shape index (κ2) is 8.24. The second-order valence-corrected chi connectivity index (χ2v) is 5.73. The first-order valence-corrected chi connectivity index (χ1v) is 7.88. The number of rotatable bonds is 5. The number of pyridine rings is 1. The van der Waals surface area contributed by atoms with Gasteiger partial charge < -0.3 is 20.5 Å². The maximum atomic E-state index is 12.0. The lowest BCUT2D eigenvalue weighted by molar-refractivity contribution is -0.119. The van der Waals surface area contributed by atoms with Crippen molar-refractivity contribution in [3.63, 3.8) is 0 Å². The average Bonchev–Trinajstić information content (AvgIpc) is 2.61. The van der Waals surface area contributed by atoms with Gasteiger partial charge in [0.15, 0.2) is 17.5 Å². The number of halogens is 3. The van der Waals surface area contributed by atoms with Gasteiger partial charge in [-0.05, 0) is 12.1 Å². The number of nitrogens with zero attached hydrogens (tertiary/aromatic N) is 1. The number of para-hydroxylation sites is 2. The van der Waals surface area contributed by atoms with E-state index in [4.69, 9.17) is 50.0 Å². The topological polar surface area (TPSA) is 104 Å². The van der Waals surface area contributed by atoms with Crippen LogP contribution in [0.1, 0.15) is 10.5 Å². The van der Waals surface area contributed by atoms with Crippen molar-refractivity contribution in [2.75, 3.05) is 24.8 Å². The first-order valence-electron chi connectivity index (χ1n) is 6.75. The fourth-order valence-electron chi connectivity index (χ4n) is 1.80. The van der Waals surface area contributed by atoms with Gasteiger partial charge in [0.1, 0.15) is 10.8 Å². The lowest BCUT2D eigenvalue weighted by Gasteiger charge is -2.11. The van der Waals surface area contributed by atoms with E-state index in [0.29, 0.717) is 11.4 Å². The van der Waals surface area contributed by atoms with E-state index >= 15 is 0 Å². The fraction of sp³-hybridized carbons (Fsp3) is 0.133. The van der Waals surface area contributed by atoms with Gasteiger partial charge in [0, 0.05) is 0 Å². The van der Waals surface area contributed by atoms with Crippen LogP contribution in [0.2, 0.25) is 15.2 Å². The Morgan fingerprint density at radius 2 is 1.88 bits per heavy atom. The van der Waals surface area contributed by atoms with Crippen molar-refractivity contribution in [2.45, 2.75) is 0 Å². The standard InChI is InChI=1S/C15H12Cl3N3O4/c1-24-8-5-3-2-4-7(8)20-9(22)6-25-15(23)13-10(16)12(19)11(17)14(18)21-13/h2-5H,6H2,1H3,(H2,19,21)(H,20,22). The Hall–Kier alpha value is -2.22. The molecule has 0 saturated heterocycles. The van der Waals surface area contributed by atoms with E-state index in [1.54, 1.807) is 24.3 Å². The molecule has 25 heavy (non-hydrogen) atoms. The highest BCUT2D eigenvalue weighted by molar-refractivity contribution is 6.46. The highest BCUT2D eigenvalue weighted by atomic mass is 35.5. The van der Waals surface area contributed by atoms with E-state index in [1.165, 1.54) is 7.11 Å². The number of aromatic nitrogens is 1. The van der Waals surface area contributed by atoms with Crippen molar-refractivity contribution in [3.8, 4) is 5.75 Å². The number of hydrogen-bond donors (Lipinski definition) is 2. The van der Waals surface area contributed by atoms with Crippen LogP contribution in [0.15, 0.2) is 24.3 Å². The Balaban J connectivity index is 2.04. The summed E-state index contributed by atoms with van der Waals surface area (Å²) < 4.78 is 9.97. The molecule has 0 unspecified atom stereocenters. The molecular weight excluding hydrogens is 393 g/mol. The van der Waals surface area contributed by atoms with E-state index in [-0.39, 0.29) is 26.6 Å². The molecule has 0 aliphatic rings. The van der Waals surface area contributed by atoms with Crippen LogP contribution in [0, 0.1) is 0 Å². The molecule has 1 amide bonds. The molecule has 0 atom stereocenters. The van der Waals surface area contributed by atoms with Crippen LogP contribution in [-0.4, -0.2) is 30.6 Å². The Morgan fingerprint density at radius 3 is 2.56 bits per heavy atom. The molecule has 0 spiro atoms. The normalized spacial score (nSPS) is 10.2. The van der Waals surface area contributed by atoms with Crippen LogP contribution < -0.4 is 15.8 Å². The lowest BCUT2D eigenvalue weighted by Crippen LogP contribution is -2.22. The number of hydrogen-bond acceptors (Lipinski definition) is 6. The summed E-state index contributed by atoms with van der Waals surface area (Å²) in [6, 6.07) is 6.77. The van der Waals surface area contributed by atoms with Gasteiger partial charge in [0.05, 0.1) is 23.5 Å². The van der Waals surface area contributed by atoms with Gasteiger partial charge in [-0.15, -0.1) is 0 Å². The van der Waals surface area contributed by atoms with E-state index in [9.17, 15) is 9.59 Å². The zero-order chi connectivity index (χ0) is 18.6. The molecule has 0 fully saturated rings. The van der Waals surface area contributed by atoms with Gasteiger partial charge in [-0.25, -0.2) is 9.78 Å². The number of nitrogens with two attached hydrogens (primary N) is 1. The molecule has 0 aliphatic heterocycles. The maximum absolute atomic E-state index is 12.0. The molecule has 2 rings (SSSR count). The quantitative estimate of drug-likeness (QED) is 0.584. The number of ether oxygens (including phenoxy) is 2. The van der Waals surface area contributed by atoms with Crippen LogP contribution in [0.25, 0.3) is 0 Å². The molecule has 2 aromatic rings. The number of esters is 1. The van der Waals surface area contributed by atoms with Gasteiger partial charge >= 0.3 is 5.97 Å². The summed E-state index contributed by atoms with van der Waals surface area (Å²) in [7, 11) is 1.47. The molecule has 3 N–H and O–H groups in total. The molecule has 1 heterocycles. The van der Waals surface area contributed by atoms with Crippen LogP contribution >= 0.6 is 34.8 Å². The highest BCUT2D eigenvalue weighted by Crippen LogP contribution is 2.34. The Bertz CT molecular complexity index is 830. The zero-order valence-corrected chi connectivity index (χ0v) is 15.1. The van der Waals surface area contributed by atoms with Crippen molar-refractivity contribution in [2.24, 2.45) is 0 Å². The molecule has 0 radical (unpaired) electrons.